The molecule has 2 aromatic rings. The maximum atomic E-state index is 11.6. The highest BCUT2D eigenvalue weighted by atomic mass is 32.2. The summed E-state index contributed by atoms with van der Waals surface area (Å²) in [6, 6.07) is 15.2. The van der Waals surface area contributed by atoms with Crippen LogP contribution >= 0.6 is 11.8 Å². The molecule has 2 aromatic carbocycles. The minimum atomic E-state index is 0.174. The van der Waals surface area contributed by atoms with E-state index in [9.17, 15) is 4.79 Å². The standard InChI is InChI=1S/C16H17NOS/c18-16(17-14-8-9-14)11-19-10-13-6-3-5-12-4-1-2-7-15(12)13/h1-7,14H,8-11H2,(H,17,18). The van der Waals surface area contributed by atoms with E-state index < -0.39 is 0 Å². The predicted molar refractivity (Wildman–Crippen MR) is 81.3 cm³/mol. The van der Waals surface area contributed by atoms with Crippen LogP contribution in [0.25, 0.3) is 10.8 Å². The third kappa shape index (κ3) is 3.29. The summed E-state index contributed by atoms with van der Waals surface area (Å²) in [5.41, 5.74) is 1.31. The average molecular weight is 271 g/mol. The van der Waals surface area contributed by atoms with Crippen molar-refractivity contribution in [3.63, 3.8) is 0 Å². The molecule has 0 unspecified atom stereocenters. The Bertz CT molecular complexity index is 587. The highest BCUT2D eigenvalue weighted by Crippen LogP contribution is 2.23. The summed E-state index contributed by atoms with van der Waals surface area (Å²) >= 11 is 1.69. The number of benzene rings is 2. The van der Waals surface area contributed by atoms with Crippen molar-refractivity contribution >= 4 is 28.4 Å². The summed E-state index contributed by atoms with van der Waals surface area (Å²) in [6.45, 7) is 0. The van der Waals surface area contributed by atoms with Crippen molar-refractivity contribution in [3.05, 3.63) is 48.0 Å². The first-order chi connectivity index (χ1) is 9.33. The molecule has 0 aliphatic heterocycles. The van der Waals surface area contributed by atoms with Crippen molar-refractivity contribution in [1.29, 1.82) is 0 Å². The van der Waals surface area contributed by atoms with Gasteiger partial charge in [-0.2, -0.15) is 0 Å². The van der Waals surface area contributed by atoms with Gasteiger partial charge >= 0.3 is 0 Å². The minimum Gasteiger partial charge on any atom is -0.353 e. The minimum absolute atomic E-state index is 0.174. The van der Waals surface area contributed by atoms with E-state index in [0.717, 1.165) is 18.6 Å². The largest absolute Gasteiger partial charge is 0.353 e. The highest BCUT2D eigenvalue weighted by Gasteiger charge is 2.22. The summed E-state index contributed by atoms with van der Waals surface area (Å²) in [4.78, 5) is 11.6. The Morgan fingerprint density at radius 3 is 2.79 bits per heavy atom. The van der Waals surface area contributed by atoms with Gasteiger partial charge in [0.15, 0.2) is 0 Å². The molecular weight excluding hydrogens is 254 g/mol. The highest BCUT2D eigenvalue weighted by molar-refractivity contribution is 7.99. The molecule has 0 aromatic heterocycles. The van der Waals surface area contributed by atoms with Gasteiger partial charge < -0.3 is 5.32 Å². The number of nitrogens with one attached hydrogen (secondary N) is 1. The van der Waals surface area contributed by atoms with Crippen molar-refractivity contribution in [3.8, 4) is 0 Å². The van der Waals surface area contributed by atoms with Crippen LogP contribution in [0.5, 0.6) is 0 Å². The van der Waals surface area contributed by atoms with Gasteiger partial charge in [-0.25, -0.2) is 0 Å². The maximum absolute atomic E-state index is 11.6. The predicted octanol–water partition coefficient (Wildman–Crippen LogP) is 3.35. The molecule has 0 saturated heterocycles. The van der Waals surface area contributed by atoms with Crippen LogP contribution in [0.2, 0.25) is 0 Å². The van der Waals surface area contributed by atoms with E-state index in [0.29, 0.717) is 11.8 Å². The molecule has 0 bridgehead atoms. The van der Waals surface area contributed by atoms with Gasteiger partial charge in [0.2, 0.25) is 5.91 Å². The SMILES string of the molecule is O=C(CSCc1cccc2ccccc12)NC1CC1. The number of carbonyl (C=O) groups excluding carboxylic acids is 1. The van der Waals surface area contributed by atoms with Crippen LogP contribution in [-0.2, 0) is 10.5 Å². The zero-order valence-corrected chi connectivity index (χ0v) is 11.6. The van der Waals surface area contributed by atoms with Gasteiger partial charge in [0.25, 0.3) is 0 Å². The lowest BCUT2D eigenvalue weighted by Crippen LogP contribution is -2.27. The van der Waals surface area contributed by atoms with Crippen LogP contribution in [-0.4, -0.2) is 17.7 Å². The second-order valence-corrected chi connectivity index (χ2v) is 5.96. The molecule has 0 radical (unpaired) electrons. The quantitative estimate of drug-likeness (QED) is 0.903. The van der Waals surface area contributed by atoms with Crippen molar-refractivity contribution in [2.45, 2.75) is 24.6 Å². The number of thioether (sulfide) groups is 1. The molecule has 1 amide bonds. The fourth-order valence-electron chi connectivity index (χ4n) is 2.17. The molecule has 1 aliphatic carbocycles. The maximum Gasteiger partial charge on any atom is 0.230 e. The number of rotatable bonds is 5. The van der Waals surface area contributed by atoms with Gasteiger partial charge in [-0.15, -0.1) is 11.8 Å². The Morgan fingerprint density at radius 1 is 1.16 bits per heavy atom. The molecule has 1 N–H and O–H groups in total. The lowest BCUT2D eigenvalue weighted by Gasteiger charge is -2.06. The van der Waals surface area contributed by atoms with E-state index in [1.54, 1.807) is 11.8 Å². The smallest absolute Gasteiger partial charge is 0.230 e. The Hall–Kier alpha value is -1.48. The van der Waals surface area contributed by atoms with Gasteiger partial charge in [-0.05, 0) is 29.2 Å². The van der Waals surface area contributed by atoms with Crippen molar-refractivity contribution in [2.24, 2.45) is 0 Å². The molecule has 19 heavy (non-hydrogen) atoms. The monoisotopic (exact) mass is 271 g/mol. The van der Waals surface area contributed by atoms with Gasteiger partial charge in [-0.3, -0.25) is 4.79 Å². The molecule has 3 heteroatoms. The molecular formula is C16H17NOS. The number of amides is 1. The summed E-state index contributed by atoms with van der Waals surface area (Å²) in [5, 5.41) is 5.58. The van der Waals surface area contributed by atoms with Crippen LogP contribution in [0.4, 0.5) is 0 Å². The van der Waals surface area contributed by atoms with E-state index in [1.165, 1.54) is 16.3 Å². The molecule has 0 atom stereocenters. The number of hydrogen-bond donors (Lipinski definition) is 1. The Morgan fingerprint density at radius 2 is 1.95 bits per heavy atom. The van der Waals surface area contributed by atoms with Gasteiger partial charge in [0.05, 0.1) is 5.75 Å². The molecule has 98 valence electrons. The van der Waals surface area contributed by atoms with E-state index in [4.69, 9.17) is 0 Å². The molecule has 0 heterocycles. The topological polar surface area (TPSA) is 29.1 Å². The van der Waals surface area contributed by atoms with Crippen molar-refractivity contribution in [1.82, 2.24) is 5.32 Å². The number of hydrogen-bond acceptors (Lipinski definition) is 2. The fourth-order valence-corrected chi connectivity index (χ4v) is 3.01. The fraction of sp³-hybridized carbons (Fsp3) is 0.312. The second kappa shape index (κ2) is 5.66. The van der Waals surface area contributed by atoms with E-state index in [2.05, 4.69) is 47.8 Å². The lowest BCUT2D eigenvalue weighted by atomic mass is 10.1. The summed E-state index contributed by atoms with van der Waals surface area (Å²) < 4.78 is 0. The Kier molecular flexibility index (Phi) is 3.74. The Balaban J connectivity index is 1.60. The molecule has 1 saturated carbocycles. The number of fused-ring (bicyclic) bond motifs is 1. The first kappa shape index (κ1) is 12.5. The lowest BCUT2D eigenvalue weighted by molar-refractivity contribution is -0.118. The first-order valence-corrected chi connectivity index (χ1v) is 7.82. The van der Waals surface area contributed by atoms with Gasteiger partial charge in [0.1, 0.15) is 0 Å². The van der Waals surface area contributed by atoms with Crippen LogP contribution in [0.3, 0.4) is 0 Å². The van der Waals surface area contributed by atoms with Crippen molar-refractivity contribution < 1.29 is 4.79 Å². The van der Waals surface area contributed by atoms with Gasteiger partial charge in [0, 0.05) is 11.8 Å². The van der Waals surface area contributed by atoms with Crippen LogP contribution < -0.4 is 5.32 Å². The van der Waals surface area contributed by atoms with E-state index in [1.807, 2.05) is 0 Å². The third-order valence-corrected chi connectivity index (χ3v) is 4.29. The van der Waals surface area contributed by atoms with Crippen molar-refractivity contribution in [2.75, 3.05) is 5.75 Å². The first-order valence-electron chi connectivity index (χ1n) is 6.67. The van der Waals surface area contributed by atoms with Gasteiger partial charge in [-0.1, -0.05) is 42.5 Å². The summed E-state index contributed by atoms with van der Waals surface area (Å²) in [7, 11) is 0. The van der Waals surface area contributed by atoms with Crippen LogP contribution in [0, 0.1) is 0 Å². The number of carbonyl (C=O) groups is 1. The summed E-state index contributed by atoms with van der Waals surface area (Å²) in [5.74, 6) is 1.62. The molecule has 2 nitrogen and oxygen atoms in total. The normalized spacial score (nSPS) is 14.5. The zero-order valence-electron chi connectivity index (χ0n) is 10.8. The average Bonchev–Trinajstić information content (AvgIpc) is 3.23. The zero-order chi connectivity index (χ0) is 13.1. The van der Waals surface area contributed by atoms with Crippen LogP contribution in [0.1, 0.15) is 18.4 Å². The third-order valence-electron chi connectivity index (χ3n) is 3.31. The Labute approximate surface area is 117 Å². The summed E-state index contributed by atoms with van der Waals surface area (Å²) in [6.07, 6.45) is 2.31. The van der Waals surface area contributed by atoms with Crippen LogP contribution in [0.15, 0.2) is 42.5 Å². The van der Waals surface area contributed by atoms with E-state index >= 15 is 0 Å². The molecule has 1 aliphatic rings. The second-order valence-electron chi connectivity index (χ2n) is 4.97. The molecule has 1 fully saturated rings. The molecule has 3 rings (SSSR count). The van der Waals surface area contributed by atoms with E-state index in [-0.39, 0.29) is 5.91 Å². The molecule has 0 spiro atoms.